The Kier molecular flexibility index (Phi) is 5.41. The normalized spacial score (nSPS) is 15.6. The summed E-state index contributed by atoms with van der Waals surface area (Å²) < 4.78 is 38.8. The Labute approximate surface area is 158 Å². The zero-order valence-electron chi connectivity index (χ0n) is 14.5. The van der Waals surface area contributed by atoms with E-state index in [2.05, 4.69) is 43.5 Å². The molecule has 1 aliphatic carbocycles. The molecule has 8 heteroatoms. The molecule has 140 valence electrons. The van der Waals surface area contributed by atoms with E-state index in [1.165, 1.54) is 6.07 Å². The predicted molar refractivity (Wildman–Crippen MR) is 99.8 cm³/mol. The van der Waals surface area contributed by atoms with E-state index in [0.29, 0.717) is 27.8 Å². The van der Waals surface area contributed by atoms with Crippen LogP contribution >= 0.6 is 15.9 Å². The van der Waals surface area contributed by atoms with Crippen LogP contribution in [0, 0.1) is 0 Å². The van der Waals surface area contributed by atoms with Gasteiger partial charge >= 0.3 is 6.18 Å². The zero-order chi connectivity index (χ0) is 18.9. The van der Waals surface area contributed by atoms with Crippen molar-refractivity contribution in [1.29, 1.82) is 0 Å². The van der Waals surface area contributed by atoms with Gasteiger partial charge < -0.3 is 10.6 Å². The molecular weight excluding hydrogens is 409 g/mol. The molecule has 0 unspecified atom stereocenters. The van der Waals surface area contributed by atoms with Crippen LogP contribution in [-0.2, 0) is 6.18 Å². The largest absolute Gasteiger partial charge is 0.416 e. The number of anilines is 3. The first-order chi connectivity index (χ1) is 12.3. The number of aromatic nitrogens is 2. The van der Waals surface area contributed by atoms with Crippen molar-refractivity contribution >= 4 is 33.4 Å². The van der Waals surface area contributed by atoms with Crippen molar-refractivity contribution in [2.75, 3.05) is 10.6 Å². The van der Waals surface area contributed by atoms with Crippen LogP contribution in [-0.4, -0.2) is 16.0 Å². The molecule has 1 fully saturated rings. The van der Waals surface area contributed by atoms with E-state index < -0.39 is 11.7 Å². The minimum Gasteiger partial charge on any atom is -0.352 e. The van der Waals surface area contributed by atoms with Gasteiger partial charge in [0.15, 0.2) is 0 Å². The molecule has 2 N–H and O–H groups in total. The molecule has 4 nitrogen and oxygen atoms in total. The Morgan fingerprint density at radius 1 is 1.23 bits per heavy atom. The first kappa shape index (κ1) is 18.9. The van der Waals surface area contributed by atoms with Crippen molar-refractivity contribution in [1.82, 2.24) is 9.97 Å². The Morgan fingerprint density at radius 3 is 2.54 bits per heavy atom. The van der Waals surface area contributed by atoms with E-state index in [1.807, 2.05) is 13.0 Å². The standard InChI is InChI=1S/C18H20BrF3N4/c1-3-10(2)23-17-25-15(11-4-5-11)9-16(26-17)24-14-7-6-12(8-13(14)19)18(20,21)22/h6-11H,3-5H2,1-2H3,(H2,23,24,25,26)/t10-/m0/s1. The summed E-state index contributed by atoms with van der Waals surface area (Å²) in [7, 11) is 0. The molecule has 0 radical (unpaired) electrons. The van der Waals surface area contributed by atoms with Gasteiger partial charge in [0.1, 0.15) is 5.82 Å². The lowest BCUT2D eigenvalue weighted by Crippen LogP contribution is -2.16. The van der Waals surface area contributed by atoms with Gasteiger partial charge in [-0.1, -0.05) is 6.92 Å². The van der Waals surface area contributed by atoms with E-state index in [-0.39, 0.29) is 6.04 Å². The van der Waals surface area contributed by atoms with Crippen molar-refractivity contribution in [3.63, 3.8) is 0 Å². The number of hydrogen-bond acceptors (Lipinski definition) is 4. The van der Waals surface area contributed by atoms with E-state index in [4.69, 9.17) is 0 Å². The van der Waals surface area contributed by atoms with Gasteiger partial charge in [0, 0.05) is 22.5 Å². The number of benzene rings is 1. The molecule has 3 rings (SSSR count). The lowest BCUT2D eigenvalue weighted by atomic mass is 10.2. The number of hydrogen-bond donors (Lipinski definition) is 2. The summed E-state index contributed by atoms with van der Waals surface area (Å²) in [5.74, 6) is 1.54. The molecular formula is C18H20BrF3N4. The fraction of sp³-hybridized carbons (Fsp3) is 0.444. The third-order valence-electron chi connectivity index (χ3n) is 4.29. The maximum Gasteiger partial charge on any atom is 0.416 e. The number of rotatable bonds is 6. The van der Waals surface area contributed by atoms with Crippen molar-refractivity contribution in [2.24, 2.45) is 0 Å². The fourth-order valence-electron chi connectivity index (χ4n) is 2.44. The summed E-state index contributed by atoms with van der Waals surface area (Å²) in [4.78, 5) is 9.03. The molecule has 1 atom stereocenters. The number of halogens is 4. The molecule has 1 saturated carbocycles. The maximum absolute atomic E-state index is 12.8. The molecule has 1 aromatic carbocycles. The highest BCUT2D eigenvalue weighted by atomic mass is 79.9. The molecule has 0 spiro atoms. The van der Waals surface area contributed by atoms with Crippen LogP contribution < -0.4 is 10.6 Å². The topological polar surface area (TPSA) is 49.8 Å². The molecule has 0 amide bonds. The van der Waals surface area contributed by atoms with Crippen molar-refractivity contribution < 1.29 is 13.2 Å². The summed E-state index contributed by atoms with van der Waals surface area (Å²) in [5.41, 5.74) is 0.777. The van der Waals surface area contributed by atoms with Crippen molar-refractivity contribution in [2.45, 2.75) is 51.2 Å². The molecule has 1 aromatic heterocycles. The van der Waals surface area contributed by atoms with Crippen LogP contribution in [0.15, 0.2) is 28.7 Å². The van der Waals surface area contributed by atoms with Crippen molar-refractivity contribution in [3.05, 3.63) is 40.0 Å². The molecule has 2 aromatic rings. The second-order valence-electron chi connectivity index (χ2n) is 6.55. The average Bonchev–Trinajstić information content (AvgIpc) is 3.40. The minimum atomic E-state index is -4.37. The van der Waals surface area contributed by atoms with E-state index >= 15 is 0 Å². The van der Waals surface area contributed by atoms with Gasteiger partial charge in [-0.25, -0.2) is 4.98 Å². The summed E-state index contributed by atoms with van der Waals surface area (Å²) in [5, 5.41) is 6.36. The lowest BCUT2D eigenvalue weighted by molar-refractivity contribution is -0.137. The SMILES string of the molecule is CC[C@H](C)Nc1nc(Nc2ccc(C(F)(F)F)cc2Br)cc(C2CC2)n1. The predicted octanol–water partition coefficient (Wildman–Crippen LogP) is 6.09. The minimum absolute atomic E-state index is 0.232. The Morgan fingerprint density at radius 2 is 1.96 bits per heavy atom. The first-order valence-electron chi connectivity index (χ1n) is 8.55. The summed E-state index contributed by atoms with van der Waals surface area (Å²) in [6.45, 7) is 4.12. The quantitative estimate of drug-likeness (QED) is 0.584. The fourth-order valence-corrected chi connectivity index (χ4v) is 2.91. The Hall–Kier alpha value is -1.83. The highest BCUT2D eigenvalue weighted by Gasteiger charge is 2.31. The van der Waals surface area contributed by atoms with Crippen LogP contribution in [0.25, 0.3) is 0 Å². The Bertz CT molecular complexity index is 790. The molecule has 0 saturated heterocycles. The first-order valence-corrected chi connectivity index (χ1v) is 9.35. The van der Waals surface area contributed by atoms with E-state index in [1.54, 1.807) is 0 Å². The third kappa shape index (κ3) is 4.66. The highest BCUT2D eigenvalue weighted by molar-refractivity contribution is 9.10. The van der Waals surface area contributed by atoms with Gasteiger partial charge in [0.05, 0.1) is 16.9 Å². The highest BCUT2D eigenvalue weighted by Crippen LogP contribution is 2.40. The molecule has 1 aliphatic rings. The third-order valence-corrected chi connectivity index (χ3v) is 4.94. The van der Waals surface area contributed by atoms with Crippen molar-refractivity contribution in [3.8, 4) is 0 Å². The maximum atomic E-state index is 12.8. The molecule has 26 heavy (non-hydrogen) atoms. The zero-order valence-corrected chi connectivity index (χ0v) is 16.1. The average molecular weight is 429 g/mol. The smallest absolute Gasteiger partial charge is 0.352 e. The van der Waals surface area contributed by atoms with Gasteiger partial charge in [-0.15, -0.1) is 0 Å². The van der Waals surface area contributed by atoms with Crippen LogP contribution in [0.5, 0.6) is 0 Å². The molecule has 0 aliphatic heterocycles. The van der Waals surface area contributed by atoms with Crippen LogP contribution in [0.4, 0.5) is 30.6 Å². The lowest BCUT2D eigenvalue weighted by Gasteiger charge is -2.15. The van der Waals surface area contributed by atoms with Crippen LogP contribution in [0.1, 0.15) is 50.3 Å². The van der Waals surface area contributed by atoms with Crippen LogP contribution in [0.2, 0.25) is 0 Å². The summed E-state index contributed by atoms with van der Waals surface area (Å²) in [6, 6.07) is 5.60. The van der Waals surface area contributed by atoms with Gasteiger partial charge in [-0.05, 0) is 60.3 Å². The molecule has 0 bridgehead atoms. The second-order valence-corrected chi connectivity index (χ2v) is 7.40. The summed E-state index contributed by atoms with van der Waals surface area (Å²) in [6.07, 6.45) is -1.24. The monoisotopic (exact) mass is 428 g/mol. The van der Waals surface area contributed by atoms with Gasteiger partial charge in [0.25, 0.3) is 0 Å². The second kappa shape index (κ2) is 7.42. The Balaban J connectivity index is 1.87. The number of nitrogens with zero attached hydrogens (tertiary/aromatic N) is 2. The van der Waals surface area contributed by atoms with E-state index in [0.717, 1.165) is 37.1 Å². The van der Waals surface area contributed by atoms with Crippen LogP contribution in [0.3, 0.4) is 0 Å². The van der Waals surface area contributed by atoms with E-state index in [9.17, 15) is 13.2 Å². The number of alkyl halides is 3. The van der Waals surface area contributed by atoms with Gasteiger partial charge in [0.2, 0.25) is 5.95 Å². The molecule has 1 heterocycles. The number of nitrogens with one attached hydrogen (secondary N) is 2. The van der Waals surface area contributed by atoms with Gasteiger partial charge in [-0.2, -0.15) is 18.2 Å². The summed E-state index contributed by atoms with van der Waals surface area (Å²) >= 11 is 3.21. The van der Waals surface area contributed by atoms with Gasteiger partial charge in [-0.3, -0.25) is 0 Å².